The van der Waals surface area contributed by atoms with Crippen molar-refractivity contribution in [2.24, 2.45) is 11.7 Å². The second kappa shape index (κ2) is 7.11. The second-order valence-electron chi connectivity index (χ2n) is 5.29. The van der Waals surface area contributed by atoms with Gasteiger partial charge < -0.3 is 20.1 Å². The molecule has 1 unspecified atom stereocenters. The first-order chi connectivity index (χ1) is 10.0. The van der Waals surface area contributed by atoms with Crippen LogP contribution in [-0.2, 0) is 9.53 Å². The first kappa shape index (κ1) is 16.1. The number of fused-ring (bicyclic) bond motifs is 1. The summed E-state index contributed by atoms with van der Waals surface area (Å²) in [6, 6.07) is 5.30. The summed E-state index contributed by atoms with van der Waals surface area (Å²) in [4.78, 5) is 14.3. The van der Waals surface area contributed by atoms with Gasteiger partial charge in [0.25, 0.3) is 5.91 Å². The van der Waals surface area contributed by atoms with Crippen LogP contribution in [0, 0.1) is 5.92 Å². The number of carbonyl (C=O) groups is 1. The fraction of sp³-hybridized carbons (Fsp3) is 0.533. The summed E-state index contributed by atoms with van der Waals surface area (Å²) >= 11 is 6.03. The zero-order chi connectivity index (χ0) is 15.4. The molecular weight excluding hydrogens is 292 g/mol. The summed E-state index contributed by atoms with van der Waals surface area (Å²) in [5.41, 5.74) is 6.09. The maximum absolute atomic E-state index is 12.6. The number of rotatable bonds is 6. The Balaban J connectivity index is 2.22. The highest BCUT2D eigenvalue weighted by atomic mass is 35.5. The zero-order valence-corrected chi connectivity index (χ0v) is 13.1. The Morgan fingerprint density at radius 1 is 1.43 bits per heavy atom. The zero-order valence-electron chi connectivity index (χ0n) is 12.3. The maximum Gasteiger partial charge on any atom is 0.268 e. The molecule has 0 aromatic heterocycles. The number of hydrogen-bond acceptors (Lipinski definition) is 4. The minimum Gasteiger partial charge on any atom is -0.478 e. The van der Waals surface area contributed by atoms with E-state index in [4.69, 9.17) is 26.8 Å². The van der Waals surface area contributed by atoms with E-state index in [0.29, 0.717) is 42.8 Å². The van der Waals surface area contributed by atoms with Gasteiger partial charge in [0.2, 0.25) is 0 Å². The second-order valence-corrected chi connectivity index (χ2v) is 5.72. The van der Waals surface area contributed by atoms with Gasteiger partial charge in [-0.05, 0) is 24.1 Å². The summed E-state index contributed by atoms with van der Waals surface area (Å²) in [5, 5.41) is 0.570. The van der Waals surface area contributed by atoms with E-state index in [1.54, 1.807) is 23.1 Å². The van der Waals surface area contributed by atoms with Gasteiger partial charge in [-0.1, -0.05) is 25.4 Å². The number of anilines is 1. The summed E-state index contributed by atoms with van der Waals surface area (Å²) in [7, 11) is 0. The van der Waals surface area contributed by atoms with Gasteiger partial charge in [-0.3, -0.25) is 4.79 Å². The topological polar surface area (TPSA) is 64.8 Å². The van der Waals surface area contributed by atoms with Crippen LogP contribution in [0.2, 0.25) is 5.02 Å². The molecule has 2 N–H and O–H groups in total. The van der Waals surface area contributed by atoms with Crippen molar-refractivity contribution >= 4 is 23.2 Å². The Kier molecular flexibility index (Phi) is 5.45. The molecule has 1 aromatic carbocycles. The molecule has 0 saturated carbocycles. The third-order valence-corrected chi connectivity index (χ3v) is 3.54. The van der Waals surface area contributed by atoms with E-state index < -0.39 is 6.10 Å². The molecular formula is C15H21ClN2O3. The van der Waals surface area contributed by atoms with Crippen LogP contribution in [0.5, 0.6) is 5.75 Å². The fourth-order valence-electron chi connectivity index (χ4n) is 2.25. The first-order valence-electron chi connectivity index (χ1n) is 7.10. The quantitative estimate of drug-likeness (QED) is 0.817. The van der Waals surface area contributed by atoms with Crippen molar-refractivity contribution in [3.05, 3.63) is 23.2 Å². The highest BCUT2D eigenvalue weighted by Gasteiger charge is 2.36. The molecule has 1 aliphatic heterocycles. The van der Waals surface area contributed by atoms with Gasteiger partial charge in [0.15, 0.2) is 6.10 Å². The molecule has 0 spiro atoms. The molecule has 1 heterocycles. The van der Waals surface area contributed by atoms with E-state index in [0.717, 1.165) is 0 Å². The van der Waals surface area contributed by atoms with Crippen molar-refractivity contribution in [1.29, 1.82) is 0 Å². The van der Waals surface area contributed by atoms with Crippen LogP contribution in [0.4, 0.5) is 5.69 Å². The third-order valence-electron chi connectivity index (χ3n) is 3.30. The molecule has 0 aliphatic carbocycles. The minimum absolute atomic E-state index is 0.0592. The number of nitrogens with zero attached hydrogens (tertiary/aromatic N) is 1. The molecule has 116 valence electrons. The Morgan fingerprint density at radius 2 is 2.19 bits per heavy atom. The molecule has 2 rings (SSSR count). The summed E-state index contributed by atoms with van der Waals surface area (Å²) < 4.78 is 11.2. The lowest BCUT2D eigenvalue weighted by Gasteiger charge is -2.36. The van der Waals surface area contributed by atoms with Gasteiger partial charge in [0.05, 0.1) is 18.9 Å². The van der Waals surface area contributed by atoms with Gasteiger partial charge in [0.1, 0.15) is 5.75 Å². The van der Waals surface area contributed by atoms with E-state index in [-0.39, 0.29) is 11.8 Å². The number of benzene rings is 1. The van der Waals surface area contributed by atoms with Crippen molar-refractivity contribution in [2.45, 2.75) is 20.0 Å². The van der Waals surface area contributed by atoms with Crippen molar-refractivity contribution in [2.75, 3.05) is 31.2 Å². The van der Waals surface area contributed by atoms with Crippen LogP contribution >= 0.6 is 11.6 Å². The first-order valence-corrected chi connectivity index (χ1v) is 7.47. The smallest absolute Gasteiger partial charge is 0.268 e. The third kappa shape index (κ3) is 3.67. The Hall–Kier alpha value is -1.30. The number of amides is 1. The SMILES string of the molecule is CC(C)C1Oc2ccc(Cl)cc2N(CCOCCN)C1=O. The van der Waals surface area contributed by atoms with E-state index in [1.807, 2.05) is 13.8 Å². The van der Waals surface area contributed by atoms with Crippen molar-refractivity contribution in [3.63, 3.8) is 0 Å². The lowest BCUT2D eigenvalue weighted by Crippen LogP contribution is -2.49. The Labute approximate surface area is 130 Å². The maximum atomic E-state index is 12.6. The van der Waals surface area contributed by atoms with Gasteiger partial charge >= 0.3 is 0 Å². The number of carbonyl (C=O) groups excluding carboxylic acids is 1. The minimum atomic E-state index is -0.479. The average Bonchev–Trinajstić information content (AvgIpc) is 2.45. The van der Waals surface area contributed by atoms with E-state index in [2.05, 4.69) is 0 Å². The molecule has 21 heavy (non-hydrogen) atoms. The van der Waals surface area contributed by atoms with Gasteiger partial charge in [-0.15, -0.1) is 0 Å². The average molecular weight is 313 g/mol. The van der Waals surface area contributed by atoms with Crippen molar-refractivity contribution in [1.82, 2.24) is 0 Å². The number of nitrogens with two attached hydrogens (primary N) is 1. The molecule has 1 atom stereocenters. The highest BCUT2D eigenvalue weighted by Crippen LogP contribution is 2.37. The van der Waals surface area contributed by atoms with Crippen molar-refractivity contribution < 1.29 is 14.3 Å². The summed E-state index contributed by atoms with van der Waals surface area (Å²) in [5.74, 6) is 0.710. The number of ether oxygens (including phenoxy) is 2. The monoisotopic (exact) mass is 312 g/mol. The van der Waals surface area contributed by atoms with Crippen LogP contribution in [-0.4, -0.2) is 38.3 Å². The molecule has 1 aromatic rings. The highest BCUT2D eigenvalue weighted by molar-refractivity contribution is 6.31. The van der Waals surface area contributed by atoms with E-state index in [1.165, 1.54) is 0 Å². The van der Waals surface area contributed by atoms with Crippen LogP contribution in [0.1, 0.15) is 13.8 Å². The predicted molar refractivity (Wildman–Crippen MR) is 82.9 cm³/mol. The largest absolute Gasteiger partial charge is 0.478 e. The molecule has 5 nitrogen and oxygen atoms in total. The standard InChI is InChI=1S/C15H21ClN2O3/c1-10(2)14-15(19)18(6-8-20-7-5-17)12-9-11(16)3-4-13(12)21-14/h3-4,9-10,14H,5-8,17H2,1-2H3. The van der Waals surface area contributed by atoms with Crippen LogP contribution in [0.25, 0.3) is 0 Å². The van der Waals surface area contributed by atoms with Crippen LogP contribution in [0.15, 0.2) is 18.2 Å². The summed E-state index contributed by atoms with van der Waals surface area (Å²) in [6.45, 7) is 5.76. The molecule has 0 saturated heterocycles. The number of hydrogen-bond donors (Lipinski definition) is 1. The molecule has 0 bridgehead atoms. The molecule has 0 fully saturated rings. The van der Waals surface area contributed by atoms with Gasteiger partial charge in [-0.2, -0.15) is 0 Å². The van der Waals surface area contributed by atoms with Gasteiger partial charge in [-0.25, -0.2) is 0 Å². The fourth-order valence-corrected chi connectivity index (χ4v) is 2.42. The predicted octanol–water partition coefficient (Wildman–Crippen LogP) is 2.07. The summed E-state index contributed by atoms with van der Waals surface area (Å²) in [6.07, 6.45) is -0.479. The lowest BCUT2D eigenvalue weighted by atomic mass is 10.0. The van der Waals surface area contributed by atoms with Crippen LogP contribution < -0.4 is 15.4 Å². The Morgan fingerprint density at radius 3 is 2.86 bits per heavy atom. The lowest BCUT2D eigenvalue weighted by molar-refractivity contribution is -0.128. The normalized spacial score (nSPS) is 17.9. The molecule has 1 aliphatic rings. The van der Waals surface area contributed by atoms with Gasteiger partial charge in [0, 0.05) is 18.1 Å². The molecule has 6 heteroatoms. The van der Waals surface area contributed by atoms with Crippen LogP contribution in [0.3, 0.4) is 0 Å². The van der Waals surface area contributed by atoms with Crippen molar-refractivity contribution in [3.8, 4) is 5.75 Å². The molecule has 1 amide bonds. The van der Waals surface area contributed by atoms with E-state index in [9.17, 15) is 4.79 Å². The van der Waals surface area contributed by atoms with E-state index >= 15 is 0 Å². The molecule has 0 radical (unpaired) electrons. The number of halogens is 1. The Bertz CT molecular complexity index is 508.